The Bertz CT molecular complexity index is 1000. The Morgan fingerprint density at radius 2 is 1.77 bits per heavy atom. The summed E-state index contributed by atoms with van der Waals surface area (Å²) < 4.78 is 5.13. The van der Waals surface area contributed by atoms with E-state index in [1.54, 1.807) is 18.7 Å². The van der Waals surface area contributed by atoms with Gasteiger partial charge in [-0.1, -0.05) is 70.5 Å². The summed E-state index contributed by atoms with van der Waals surface area (Å²) in [5, 5.41) is 16.2. The van der Waals surface area contributed by atoms with Crippen molar-refractivity contribution >= 4 is 35.2 Å². The highest BCUT2D eigenvalue weighted by molar-refractivity contribution is 7.98. The number of hydrogen-bond acceptors (Lipinski definition) is 8. The molecule has 0 aliphatic heterocycles. The number of aliphatic hydroxyl groups excluding tert-OH is 1. The SMILES string of the molecule is CC.CCC.CCOC(=O)c1cnc(Nc2cccc(SC)c2)nc1NC(CO)c1ccccc1. The summed E-state index contributed by atoms with van der Waals surface area (Å²) in [6, 6.07) is 16.9. The van der Waals surface area contributed by atoms with Gasteiger partial charge in [-0.2, -0.15) is 4.98 Å². The first-order chi connectivity index (χ1) is 17.1. The van der Waals surface area contributed by atoms with Crippen LogP contribution in [0.4, 0.5) is 17.5 Å². The van der Waals surface area contributed by atoms with Crippen molar-refractivity contribution in [1.29, 1.82) is 0 Å². The lowest BCUT2D eigenvalue weighted by molar-refractivity contribution is 0.0526. The zero-order chi connectivity index (χ0) is 26.1. The number of nitrogens with one attached hydrogen (secondary N) is 2. The molecule has 0 aliphatic carbocycles. The van der Waals surface area contributed by atoms with E-state index in [9.17, 15) is 9.90 Å². The number of carbonyl (C=O) groups excluding carboxylic acids is 1. The van der Waals surface area contributed by atoms with E-state index in [0.717, 1.165) is 16.1 Å². The smallest absolute Gasteiger partial charge is 0.343 e. The van der Waals surface area contributed by atoms with Crippen molar-refractivity contribution in [3.8, 4) is 0 Å². The maximum Gasteiger partial charge on any atom is 0.343 e. The van der Waals surface area contributed by atoms with Crippen LogP contribution >= 0.6 is 11.8 Å². The Labute approximate surface area is 213 Å². The van der Waals surface area contributed by atoms with Crippen molar-refractivity contribution in [2.45, 2.75) is 52.0 Å². The van der Waals surface area contributed by atoms with Gasteiger partial charge in [-0.15, -0.1) is 11.8 Å². The van der Waals surface area contributed by atoms with Gasteiger partial charge in [0, 0.05) is 16.8 Å². The van der Waals surface area contributed by atoms with Crippen LogP contribution in [0.15, 0.2) is 65.7 Å². The van der Waals surface area contributed by atoms with Crippen LogP contribution < -0.4 is 10.6 Å². The highest BCUT2D eigenvalue weighted by Crippen LogP contribution is 2.25. The predicted molar refractivity (Wildman–Crippen MR) is 147 cm³/mol. The van der Waals surface area contributed by atoms with Gasteiger partial charge in [0.15, 0.2) is 0 Å². The third-order valence-corrected chi connectivity index (χ3v) is 5.03. The van der Waals surface area contributed by atoms with Crippen LogP contribution in [0.2, 0.25) is 0 Å². The standard InChI is InChI=1S/C22H24N4O3S.C3H8.C2H6/c1-3-29-21(28)18-13-23-22(24-16-10-7-11-17(12-16)30-2)26-20(18)25-19(14-27)15-8-5-4-6-9-15;1-3-2;1-2/h4-13,19,27H,3,14H2,1-2H3,(H2,23,24,25,26);3H2,1-2H3;1-2H3. The van der Waals surface area contributed by atoms with Gasteiger partial charge < -0.3 is 20.5 Å². The third kappa shape index (κ3) is 9.96. The number of anilines is 3. The zero-order valence-electron chi connectivity index (χ0n) is 21.5. The van der Waals surface area contributed by atoms with Gasteiger partial charge in [0.05, 0.1) is 19.3 Å². The van der Waals surface area contributed by atoms with E-state index in [2.05, 4.69) is 34.4 Å². The van der Waals surface area contributed by atoms with Gasteiger partial charge in [-0.25, -0.2) is 9.78 Å². The van der Waals surface area contributed by atoms with E-state index in [-0.39, 0.29) is 24.6 Å². The Hall–Kier alpha value is -3.10. The first-order valence-corrected chi connectivity index (χ1v) is 13.2. The Balaban J connectivity index is 0.00000114. The Morgan fingerprint density at radius 1 is 1.09 bits per heavy atom. The number of aromatic nitrogens is 2. The van der Waals surface area contributed by atoms with E-state index in [1.165, 1.54) is 12.6 Å². The van der Waals surface area contributed by atoms with Crippen LogP contribution in [0.25, 0.3) is 0 Å². The number of benzene rings is 2. The molecular weight excluding hydrogens is 460 g/mol. The van der Waals surface area contributed by atoms with E-state index < -0.39 is 12.0 Å². The predicted octanol–water partition coefficient (Wildman–Crippen LogP) is 6.71. The minimum absolute atomic E-state index is 0.172. The van der Waals surface area contributed by atoms with Crippen LogP contribution in [0.3, 0.4) is 0 Å². The first kappa shape index (κ1) is 29.9. The number of thioether (sulfide) groups is 1. The fourth-order valence-corrected chi connectivity index (χ4v) is 3.28. The molecule has 8 heteroatoms. The summed E-state index contributed by atoms with van der Waals surface area (Å²) >= 11 is 1.64. The molecule has 2 aromatic carbocycles. The van der Waals surface area contributed by atoms with Crippen LogP contribution in [-0.2, 0) is 4.74 Å². The normalized spacial score (nSPS) is 10.6. The lowest BCUT2D eigenvalue weighted by atomic mass is 10.1. The maximum atomic E-state index is 12.4. The molecule has 35 heavy (non-hydrogen) atoms. The Kier molecular flexibility index (Phi) is 14.8. The minimum atomic E-state index is -0.527. The molecule has 1 atom stereocenters. The molecule has 3 aromatic rings. The molecule has 0 spiro atoms. The van der Waals surface area contributed by atoms with Crippen molar-refractivity contribution < 1.29 is 14.6 Å². The van der Waals surface area contributed by atoms with Crippen LogP contribution in [0.1, 0.15) is 63.0 Å². The molecule has 3 rings (SSSR count). The molecule has 190 valence electrons. The number of ether oxygens (including phenoxy) is 1. The van der Waals surface area contributed by atoms with Gasteiger partial charge in [0.25, 0.3) is 0 Å². The van der Waals surface area contributed by atoms with E-state index in [4.69, 9.17) is 4.74 Å². The molecule has 0 saturated carbocycles. The fourth-order valence-electron chi connectivity index (χ4n) is 2.82. The highest BCUT2D eigenvalue weighted by atomic mass is 32.2. The molecular formula is C27H38N4O3S. The van der Waals surface area contributed by atoms with Gasteiger partial charge >= 0.3 is 5.97 Å². The van der Waals surface area contributed by atoms with Crippen LogP contribution in [-0.4, -0.2) is 40.5 Å². The van der Waals surface area contributed by atoms with E-state index in [1.807, 2.05) is 74.7 Å². The molecule has 1 unspecified atom stereocenters. The van der Waals surface area contributed by atoms with Crippen molar-refractivity contribution in [1.82, 2.24) is 9.97 Å². The molecule has 1 heterocycles. The summed E-state index contributed by atoms with van der Waals surface area (Å²) in [6.45, 7) is 10.1. The second-order valence-electron chi connectivity index (χ2n) is 7.03. The first-order valence-electron chi connectivity index (χ1n) is 11.9. The van der Waals surface area contributed by atoms with Gasteiger partial charge in [0.2, 0.25) is 5.95 Å². The van der Waals surface area contributed by atoms with Crippen molar-refractivity contribution in [2.75, 3.05) is 30.1 Å². The maximum absolute atomic E-state index is 12.4. The van der Waals surface area contributed by atoms with Crippen molar-refractivity contribution in [3.63, 3.8) is 0 Å². The average molecular weight is 499 g/mol. The van der Waals surface area contributed by atoms with Gasteiger partial charge in [0.1, 0.15) is 11.4 Å². The highest BCUT2D eigenvalue weighted by Gasteiger charge is 2.20. The van der Waals surface area contributed by atoms with Crippen LogP contribution in [0, 0.1) is 0 Å². The van der Waals surface area contributed by atoms with E-state index in [0.29, 0.717) is 5.95 Å². The monoisotopic (exact) mass is 498 g/mol. The largest absolute Gasteiger partial charge is 0.462 e. The molecule has 0 saturated heterocycles. The second kappa shape index (κ2) is 17.4. The number of aliphatic hydroxyl groups is 1. The zero-order valence-corrected chi connectivity index (χ0v) is 22.4. The van der Waals surface area contributed by atoms with Crippen LogP contribution in [0.5, 0.6) is 0 Å². The topological polar surface area (TPSA) is 96.4 Å². The fraction of sp³-hybridized carbons (Fsp3) is 0.370. The second-order valence-corrected chi connectivity index (χ2v) is 7.91. The summed E-state index contributed by atoms with van der Waals surface area (Å²) in [5.74, 6) is 0.0871. The Morgan fingerprint density at radius 3 is 2.37 bits per heavy atom. The van der Waals surface area contributed by atoms with Crippen molar-refractivity contribution in [2.24, 2.45) is 0 Å². The summed E-state index contributed by atoms with van der Waals surface area (Å²) in [4.78, 5) is 22.3. The lowest BCUT2D eigenvalue weighted by Crippen LogP contribution is -2.19. The molecule has 0 bridgehead atoms. The molecule has 0 aliphatic rings. The molecule has 0 fully saturated rings. The third-order valence-electron chi connectivity index (χ3n) is 4.31. The minimum Gasteiger partial charge on any atom is -0.462 e. The number of rotatable bonds is 9. The lowest BCUT2D eigenvalue weighted by Gasteiger charge is -2.19. The summed E-state index contributed by atoms with van der Waals surface area (Å²) in [6.07, 6.45) is 4.68. The number of esters is 1. The quantitative estimate of drug-likeness (QED) is 0.221. The molecule has 0 radical (unpaired) electrons. The number of carbonyl (C=O) groups is 1. The van der Waals surface area contributed by atoms with E-state index >= 15 is 0 Å². The summed E-state index contributed by atoms with van der Waals surface area (Å²) in [7, 11) is 0. The summed E-state index contributed by atoms with van der Waals surface area (Å²) in [5.41, 5.74) is 1.91. The average Bonchev–Trinajstić information content (AvgIpc) is 2.90. The van der Waals surface area contributed by atoms with Gasteiger partial charge in [-0.3, -0.25) is 0 Å². The van der Waals surface area contributed by atoms with Crippen molar-refractivity contribution in [3.05, 3.63) is 71.9 Å². The molecule has 3 N–H and O–H groups in total. The molecule has 0 amide bonds. The van der Waals surface area contributed by atoms with Gasteiger partial charge in [-0.05, 0) is 36.9 Å². The number of hydrogen-bond donors (Lipinski definition) is 3. The number of nitrogens with zero attached hydrogens (tertiary/aromatic N) is 2. The molecule has 1 aromatic heterocycles. The molecule has 7 nitrogen and oxygen atoms in total.